The Kier molecular flexibility index (Phi) is 78.8. The zero-order valence-corrected chi connectivity index (χ0v) is 73.0. The second kappa shape index (κ2) is 80.3. The minimum Gasteiger partial charge on any atom is -0.462 e. The van der Waals surface area contributed by atoms with Gasteiger partial charge in [0.15, 0.2) is 12.2 Å². The molecule has 6 atom stereocenters. The molecule has 0 saturated carbocycles. The predicted molar refractivity (Wildman–Crippen MR) is 446 cm³/mol. The van der Waals surface area contributed by atoms with Crippen molar-refractivity contribution in [3.8, 4) is 0 Å². The molecule has 0 radical (unpaired) electrons. The summed E-state index contributed by atoms with van der Waals surface area (Å²) in [6, 6.07) is 0. The highest BCUT2D eigenvalue weighted by Gasteiger charge is 2.31. The van der Waals surface area contributed by atoms with E-state index in [-0.39, 0.29) is 25.7 Å². The number of hydrogen-bond donors (Lipinski definition) is 3. The molecule has 0 aliphatic carbocycles. The van der Waals surface area contributed by atoms with Crippen LogP contribution < -0.4 is 0 Å². The van der Waals surface area contributed by atoms with Crippen molar-refractivity contribution in [3.63, 3.8) is 0 Å². The second-order valence-electron chi connectivity index (χ2n) is 32.7. The van der Waals surface area contributed by atoms with E-state index in [1.807, 2.05) is 0 Å². The summed E-state index contributed by atoms with van der Waals surface area (Å²) in [5, 5.41) is 10.7. The standard InChI is InChI=1S/C89H174O17P2/c1-7-10-12-14-16-18-20-21-22-23-24-25-29-32-37-42-48-54-60-66-72-87(92)100-78-85(106-88(93)73-67-61-55-49-43-38-33-30-27-26-28-31-36-41-46-52-58-64-70-82(6)9-3)80-104-108(97,98)102-76-83(90)75-101-107(95,96)103-79-84(77-99-86(91)71-65-59-53-47-19-17-15-13-11-8-2)105-89(94)74-68-62-56-50-44-39-34-35-40-45-51-57-63-69-81(4)5/h81-85,90H,7-80H2,1-6H3,(H,95,96)(H,97,98)/t82?,83-,84+,85+/m0/s1. The molecule has 0 aromatic rings. The molecule has 0 aromatic heterocycles. The maximum Gasteiger partial charge on any atom is 0.472 e. The Morgan fingerprint density at radius 1 is 0.269 bits per heavy atom. The van der Waals surface area contributed by atoms with Gasteiger partial charge in [-0.05, 0) is 37.5 Å². The van der Waals surface area contributed by atoms with Crippen molar-refractivity contribution >= 4 is 39.5 Å². The summed E-state index contributed by atoms with van der Waals surface area (Å²) in [6.07, 6.45) is 73.6. The normalized spacial score (nSPS) is 14.0. The monoisotopic (exact) mass is 1580 g/mol. The third-order valence-electron chi connectivity index (χ3n) is 21.3. The van der Waals surface area contributed by atoms with E-state index in [1.165, 1.54) is 295 Å². The molecular formula is C89H174O17P2. The number of phosphoric acid groups is 2. The minimum atomic E-state index is -4.97. The molecule has 642 valence electrons. The number of aliphatic hydroxyl groups excluding tert-OH is 1. The van der Waals surface area contributed by atoms with Crippen molar-refractivity contribution in [2.24, 2.45) is 11.8 Å². The number of esters is 4. The molecule has 0 heterocycles. The molecule has 3 unspecified atom stereocenters. The Bertz CT molecular complexity index is 2070. The summed E-state index contributed by atoms with van der Waals surface area (Å²) in [5.41, 5.74) is 0. The van der Waals surface area contributed by atoms with Crippen LogP contribution >= 0.6 is 15.6 Å². The first-order valence-corrected chi connectivity index (χ1v) is 49.0. The van der Waals surface area contributed by atoms with Gasteiger partial charge in [0, 0.05) is 25.7 Å². The summed E-state index contributed by atoms with van der Waals surface area (Å²) < 4.78 is 69.0. The fraction of sp³-hybridized carbons (Fsp3) is 0.955. The first-order chi connectivity index (χ1) is 52.4. The van der Waals surface area contributed by atoms with Crippen LogP contribution in [0.25, 0.3) is 0 Å². The number of carbonyl (C=O) groups is 4. The van der Waals surface area contributed by atoms with Crippen LogP contribution in [0.1, 0.15) is 478 Å². The molecule has 0 aliphatic heterocycles. The van der Waals surface area contributed by atoms with Gasteiger partial charge < -0.3 is 33.8 Å². The van der Waals surface area contributed by atoms with Crippen molar-refractivity contribution < 1.29 is 80.2 Å². The summed E-state index contributed by atoms with van der Waals surface area (Å²) >= 11 is 0. The fourth-order valence-corrected chi connectivity index (χ4v) is 15.5. The summed E-state index contributed by atoms with van der Waals surface area (Å²) in [7, 11) is -9.93. The zero-order valence-electron chi connectivity index (χ0n) is 71.2. The molecule has 0 bridgehead atoms. The number of rotatable bonds is 88. The lowest BCUT2D eigenvalue weighted by Gasteiger charge is -2.21. The van der Waals surface area contributed by atoms with Gasteiger partial charge in [-0.1, -0.05) is 427 Å². The van der Waals surface area contributed by atoms with Crippen molar-refractivity contribution in [3.05, 3.63) is 0 Å². The predicted octanol–water partition coefficient (Wildman–Crippen LogP) is 27.4. The van der Waals surface area contributed by atoms with E-state index in [4.69, 9.17) is 37.0 Å². The van der Waals surface area contributed by atoms with Crippen LogP contribution in [0.2, 0.25) is 0 Å². The van der Waals surface area contributed by atoms with Crippen LogP contribution in [0.5, 0.6) is 0 Å². The highest BCUT2D eigenvalue weighted by molar-refractivity contribution is 7.47. The van der Waals surface area contributed by atoms with Crippen molar-refractivity contribution in [1.82, 2.24) is 0 Å². The van der Waals surface area contributed by atoms with Crippen molar-refractivity contribution in [2.75, 3.05) is 39.6 Å². The fourth-order valence-electron chi connectivity index (χ4n) is 13.9. The lowest BCUT2D eigenvalue weighted by atomic mass is 9.99. The van der Waals surface area contributed by atoms with E-state index in [0.29, 0.717) is 25.7 Å². The maximum atomic E-state index is 13.2. The molecule has 0 saturated heterocycles. The molecule has 0 amide bonds. The van der Waals surface area contributed by atoms with E-state index in [0.717, 1.165) is 102 Å². The van der Waals surface area contributed by atoms with Gasteiger partial charge in [0.2, 0.25) is 0 Å². The van der Waals surface area contributed by atoms with Gasteiger partial charge in [-0.2, -0.15) is 0 Å². The third kappa shape index (κ3) is 80.7. The van der Waals surface area contributed by atoms with Crippen LogP contribution in [0.4, 0.5) is 0 Å². The zero-order chi connectivity index (χ0) is 79.2. The van der Waals surface area contributed by atoms with Crippen LogP contribution in [-0.4, -0.2) is 96.7 Å². The average molecular weight is 1580 g/mol. The Morgan fingerprint density at radius 2 is 0.472 bits per heavy atom. The Labute approximate surface area is 664 Å². The van der Waals surface area contributed by atoms with Crippen molar-refractivity contribution in [1.29, 1.82) is 0 Å². The first-order valence-electron chi connectivity index (χ1n) is 46.0. The van der Waals surface area contributed by atoms with Gasteiger partial charge in [0.25, 0.3) is 0 Å². The van der Waals surface area contributed by atoms with Gasteiger partial charge in [0.05, 0.1) is 26.4 Å². The van der Waals surface area contributed by atoms with Gasteiger partial charge in [-0.25, -0.2) is 9.13 Å². The van der Waals surface area contributed by atoms with E-state index in [1.54, 1.807) is 0 Å². The number of unbranched alkanes of at least 4 members (excludes halogenated alkanes) is 57. The lowest BCUT2D eigenvalue weighted by Crippen LogP contribution is -2.30. The van der Waals surface area contributed by atoms with Gasteiger partial charge in [0.1, 0.15) is 19.3 Å². The van der Waals surface area contributed by atoms with Gasteiger partial charge in [-0.15, -0.1) is 0 Å². The number of aliphatic hydroxyl groups is 1. The van der Waals surface area contributed by atoms with Gasteiger partial charge >= 0.3 is 39.5 Å². The van der Waals surface area contributed by atoms with Crippen molar-refractivity contribution in [2.45, 2.75) is 496 Å². The number of ether oxygens (including phenoxy) is 4. The molecule has 0 fully saturated rings. The summed E-state index contributed by atoms with van der Waals surface area (Å²) in [5.74, 6) is -0.441. The minimum absolute atomic E-state index is 0.108. The molecule has 17 nitrogen and oxygen atoms in total. The molecule has 108 heavy (non-hydrogen) atoms. The largest absolute Gasteiger partial charge is 0.472 e. The maximum absolute atomic E-state index is 13.2. The quantitative estimate of drug-likeness (QED) is 0.0222. The van der Waals surface area contributed by atoms with E-state index in [2.05, 4.69) is 41.5 Å². The molecular weight excluding hydrogens is 1400 g/mol. The summed E-state index contributed by atoms with van der Waals surface area (Å²) in [6.45, 7) is 9.76. The van der Waals surface area contributed by atoms with E-state index < -0.39 is 97.5 Å². The Hall–Kier alpha value is -1.94. The van der Waals surface area contributed by atoms with Crippen LogP contribution in [0.15, 0.2) is 0 Å². The van der Waals surface area contributed by atoms with E-state index >= 15 is 0 Å². The molecule has 0 aliphatic rings. The topological polar surface area (TPSA) is 237 Å². The van der Waals surface area contributed by atoms with Crippen LogP contribution in [0, 0.1) is 11.8 Å². The third-order valence-corrected chi connectivity index (χ3v) is 23.2. The molecule has 3 N–H and O–H groups in total. The SMILES string of the molecule is CCCCCCCCCCCCCCCCCCCCCCC(=O)OC[C@H](COP(=O)(O)OC[C@@H](O)COP(=O)(O)OC[C@@H](COC(=O)CCCCCCCCCCCC)OC(=O)CCCCCCCCCCCCCCCC(C)C)OC(=O)CCCCCCCCCCCCCCCCCCCCC(C)CC. The van der Waals surface area contributed by atoms with E-state index in [9.17, 15) is 43.2 Å². The molecule has 0 aromatic carbocycles. The Balaban J connectivity index is 5.22. The number of carbonyl (C=O) groups excluding carboxylic acids is 4. The molecule has 19 heteroatoms. The number of phosphoric ester groups is 2. The lowest BCUT2D eigenvalue weighted by molar-refractivity contribution is -0.161. The molecule has 0 spiro atoms. The average Bonchev–Trinajstić information content (AvgIpc) is 0.899. The van der Waals surface area contributed by atoms with Crippen LogP contribution in [0.3, 0.4) is 0 Å². The highest BCUT2D eigenvalue weighted by Crippen LogP contribution is 2.45. The highest BCUT2D eigenvalue weighted by atomic mass is 31.2. The second-order valence-corrected chi connectivity index (χ2v) is 35.6. The summed E-state index contributed by atoms with van der Waals surface area (Å²) in [4.78, 5) is 73.3. The first kappa shape index (κ1) is 106. The molecule has 0 rings (SSSR count). The number of hydrogen-bond acceptors (Lipinski definition) is 15. The Morgan fingerprint density at radius 3 is 0.704 bits per heavy atom. The van der Waals surface area contributed by atoms with Gasteiger partial charge in [-0.3, -0.25) is 37.3 Å². The van der Waals surface area contributed by atoms with Crippen LogP contribution in [-0.2, 0) is 65.4 Å². The smallest absolute Gasteiger partial charge is 0.462 e.